The predicted molar refractivity (Wildman–Crippen MR) is 91.5 cm³/mol. The second-order valence-corrected chi connectivity index (χ2v) is 5.48. The van der Waals surface area contributed by atoms with Crippen LogP contribution >= 0.6 is 0 Å². The number of carbonyl (C=O) groups excluding carboxylic acids is 1. The highest BCUT2D eigenvalue weighted by Gasteiger charge is 2.23. The van der Waals surface area contributed by atoms with Crippen LogP contribution in [0.4, 0.5) is 0 Å². The lowest BCUT2D eigenvalue weighted by Gasteiger charge is -2.17. The molecule has 0 aromatic heterocycles. The number of aliphatic hydroxyl groups excluding tert-OH is 4. The Morgan fingerprint density at radius 3 is 2.60 bits per heavy atom. The Labute approximate surface area is 144 Å². The average molecular weight is 348 g/mol. The van der Waals surface area contributed by atoms with Gasteiger partial charge in [-0.15, -0.1) is 0 Å². The topological polar surface area (TPSA) is 147 Å². The van der Waals surface area contributed by atoms with E-state index in [2.05, 4.69) is 20.8 Å². The fourth-order valence-electron chi connectivity index (χ4n) is 1.94. The maximum absolute atomic E-state index is 11.9. The zero-order valence-corrected chi connectivity index (χ0v) is 13.5. The number of nitrogens with one attached hydrogen (secondary N) is 2. The Morgan fingerprint density at radius 2 is 1.96 bits per heavy atom. The van der Waals surface area contributed by atoms with Gasteiger partial charge in [0.2, 0.25) is 5.96 Å². The molecule has 1 heterocycles. The number of nitrogens with zero attached hydrogens (tertiary/aromatic N) is 2. The van der Waals surface area contributed by atoms with Crippen molar-refractivity contribution in [1.29, 1.82) is 0 Å². The van der Waals surface area contributed by atoms with Crippen molar-refractivity contribution in [3.63, 3.8) is 0 Å². The van der Waals surface area contributed by atoms with Gasteiger partial charge in [0, 0.05) is 0 Å². The van der Waals surface area contributed by atoms with Gasteiger partial charge in [-0.1, -0.05) is 29.8 Å². The molecule has 1 aromatic carbocycles. The van der Waals surface area contributed by atoms with Gasteiger partial charge in [0.15, 0.2) is 0 Å². The Kier molecular flexibility index (Phi) is 6.37. The molecular weight excluding hydrogens is 328 g/mol. The van der Waals surface area contributed by atoms with Gasteiger partial charge in [0.25, 0.3) is 5.91 Å². The summed E-state index contributed by atoms with van der Waals surface area (Å²) in [5.41, 5.74) is 4.53. The Hall–Kier alpha value is -2.59. The van der Waals surface area contributed by atoms with Crippen LogP contribution in [0.5, 0.6) is 0 Å². The van der Waals surface area contributed by atoms with E-state index < -0.39 is 30.8 Å². The standard InChI is InChI=1S/C16H20N4O5/c1-9-2-4-10(5-3-9)6-11-15(25)19-16(18-11)20-17-7-12(22)14(24)13(23)8-21/h2-7,12-14,21-24H,8H2,1H3,(H2,18,19,20,25)/b11-6-,17-7?/t12-,13+,14+/m0/s1. The molecule has 0 bridgehead atoms. The number of hydrazone groups is 1. The maximum Gasteiger partial charge on any atom is 0.276 e. The summed E-state index contributed by atoms with van der Waals surface area (Å²) in [7, 11) is 0. The molecule has 6 N–H and O–H groups in total. The molecule has 1 amide bonds. The summed E-state index contributed by atoms with van der Waals surface area (Å²) in [5.74, 6) is -0.349. The molecule has 25 heavy (non-hydrogen) atoms. The molecule has 0 saturated carbocycles. The molecule has 0 radical (unpaired) electrons. The highest BCUT2D eigenvalue weighted by molar-refractivity contribution is 6.13. The molecule has 9 nitrogen and oxygen atoms in total. The minimum atomic E-state index is -1.59. The van der Waals surface area contributed by atoms with Crippen LogP contribution in [0.15, 0.2) is 40.1 Å². The predicted octanol–water partition coefficient (Wildman–Crippen LogP) is -1.53. The van der Waals surface area contributed by atoms with Crippen LogP contribution in [-0.4, -0.2) is 63.4 Å². The molecule has 3 atom stereocenters. The number of guanidine groups is 1. The largest absolute Gasteiger partial charge is 0.394 e. The normalized spacial score (nSPS) is 19.6. The number of amides is 1. The quantitative estimate of drug-likeness (QED) is 0.209. The van der Waals surface area contributed by atoms with Gasteiger partial charge in [0.05, 0.1) is 12.8 Å². The second-order valence-electron chi connectivity index (χ2n) is 5.48. The number of hydrogen-bond acceptors (Lipinski definition) is 8. The van der Waals surface area contributed by atoms with Gasteiger partial charge in [0.1, 0.15) is 24.0 Å². The van der Waals surface area contributed by atoms with Gasteiger partial charge >= 0.3 is 0 Å². The summed E-state index contributed by atoms with van der Waals surface area (Å²) in [5, 5.41) is 43.0. The summed E-state index contributed by atoms with van der Waals surface area (Å²) >= 11 is 0. The molecule has 0 unspecified atom stereocenters. The van der Waals surface area contributed by atoms with E-state index in [4.69, 9.17) is 5.11 Å². The van der Waals surface area contributed by atoms with Gasteiger partial charge < -0.3 is 20.4 Å². The molecular formula is C16H20N4O5. The third-order valence-corrected chi connectivity index (χ3v) is 3.41. The van der Waals surface area contributed by atoms with E-state index in [1.807, 2.05) is 31.2 Å². The van der Waals surface area contributed by atoms with Crippen molar-refractivity contribution < 1.29 is 25.2 Å². The van der Waals surface area contributed by atoms with Gasteiger partial charge in [-0.2, -0.15) is 5.10 Å². The van der Waals surface area contributed by atoms with E-state index in [0.717, 1.165) is 17.3 Å². The third-order valence-electron chi connectivity index (χ3n) is 3.41. The van der Waals surface area contributed by atoms with E-state index in [1.54, 1.807) is 6.08 Å². The van der Waals surface area contributed by atoms with Crippen LogP contribution in [0.2, 0.25) is 0 Å². The van der Waals surface area contributed by atoms with Gasteiger partial charge in [-0.05, 0) is 18.6 Å². The lowest BCUT2D eigenvalue weighted by atomic mass is 10.1. The SMILES string of the molecule is Cc1ccc(/C=C2\N=C(NN=C[C@H](O)[C@@H](O)[C@H](O)CO)NC2=O)cc1. The Morgan fingerprint density at radius 1 is 1.28 bits per heavy atom. The first-order valence-electron chi connectivity index (χ1n) is 7.53. The number of hydrogen-bond donors (Lipinski definition) is 6. The van der Waals surface area contributed by atoms with Crippen molar-refractivity contribution in [3.8, 4) is 0 Å². The molecule has 1 aliphatic rings. The van der Waals surface area contributed by atoms with Gasteiger partial charge in [-0.25, -0.2) is 10.4 Å². The smallest absolute Gasteiger partial charge is 0.276 e. The van der Waals surface area contributed by atoms with E-state index in [-0.39, 0.29) is 11.7 Å². The van der Waals surface area contributed by atoms with E-state index in [0.29, 0.717) is 0 Å². The summed E-state index contributed by atoms with van der Waals surface area (Å²) in [6.45, 7) is 1.26. The maximum atomic E-state index is 11.9. The third kappa shape index (κ3) is 5.19. The fraction of sp³-hybridized carbons (Fsp3) is 0.312. The van der Waals surface area contributed by atoms with Crippen molar-refractivity contribution in [1.82, 2.24) is 10.7 Å². The number of rotatable bonds is 6. The first-order chi connectivity index (χ1) is 11.9. The first-order valence-corrected chi connectivity index (χ1v) is 7.53. The van der Waals surface area contributed by atoms with Crippen LogP contribution in [0.1, 0.15) is 11.1 Å². The van der Waals surface area contributed by atoms with Crippen LogP contribution < -0.4 is 10.7 Å². The molecule has 9 heteroatoms. The lowest BCUT2D eigenvalue weighted by Crippen LogP contribution is -2.41. The van der Waals surface area contributed by atoms with Crippen LogP contribution in [0.3, 0.4) is 0 Å². The monoisotopic (exact) mass is 348 g/mol. The molecule has 1 aliphatic heterocycles. The summed E-state index contributed by atoms with van der Waals surface area (Å²) < 4.78 is 0. The highest BCUT2D eigenvalue weighted by atomic mass is 16.4. The number of aliphatic hydroxyl groups is 4. The zero-order chi connectivity index (χ0) is 18.4. The first kappa shape index (κ1) is 18.7. The number of carbonyl (C=O) groups is 1. The van der Waals surface area contributed by atoms with Gasteiger partial charge in [-0.3, -0.25) is 10.1 Å². The molecule has 1 aromatic rings. The van der Waals surface area contributed by atoms with Crippen LogP contribution in [0, 0.1) is 6.92 Å². The molecule has 2 rings (SSSR count). The number of aliphatic imine (C=N–C) groups is 1. The van der Waals surface area contributed by atoms with Crippen molar-refractivity contribution in [3.05, 3.63) is 41.1 Å². The van der Waals surface area contributed by atoms with Crippen LogP contribution in [-0.2, 0) is 4.79 Å². The lowest BCUT2D eigenvalue weighted by molar-refractivity contribution is -0.115. The number of benzene rings is 1. The summed E-state index contributed by atoms with van der Waals surface area (Å²) in [6.07, 6.45) is -2.06. The van der Waals surface area contributed by atoms with Crippen molar-refractivity contribution in [2.45, 2.75) is 25.2 Å². The fourth-order valence-corrected chi connectivity index (χ4v) is 1.94. The van der Waals surface area contributed by atoms with Crippen molar-refractivity contribution in [2.24, 2.45) is 10.1 Å². The highest BCUT2D eigenvalue weighted by Crippen LogP contribution is 2.12. The molecule has 0 spiro atoms. The number of aryl methyl sites for hydroxylation is 1. The molecule has 0 saturated heterocycles. The van der Waals surface area contributed by atoms with Crippen LogP contribution in [0.25, 0.3) is 6.08 Å². The zero-order valence-electron chi connectivity index (χ0n) is 13.5. The van der Waals surface area contributed by atoms with Crippen molar-refractivity contribution >= 4 is 24.2 Å². The summed E-state index contributed by atoms with van der Waals surface area (Å²) in [4.78, 5) is 15.9. The van der Waals surface area contributed by atoms with Crippen molar-refractivity contribution in [2.75, 3.05) is 6.61 Å². The average Bonchev–Trinajstić information content (AvgIpc) is 2.94. The minimum absolute atomic E-state index is 0.0593. The molecule has 0 aliphatic carbocycles. The van der Waals surface area contributed by atoms with E-state index in [1.165, 1.54) is 0 Å². The van der Waals surface area contributed by atoms with E-state index in [9.17, 15) is 20.1 Å². The molecule has 134 valence electrons. The van der Waals surface area contributed by atoms with E-state index >= 15 is 0 Å². The molecule has 0 fully saturated rings. The summed E-state index contributed by atoms with van der Waals surface area (Å²) in [6, 6.07) is 7.55. The Balaban J connectivity index is 1.98. The minimum Gasteiger partial charge on any atom is -0.394 e. The Bertz CT molecular complexity index is 699. The second kappa shape index (κ2) is 8.49.